The smallest absolute Gasteiger partial charge is 0.389 e. The third kappa shape index (κ3) is 3.48. The van der Waals surface area contributed by atoms with Crippen molar-refractivity contribution in [2.24, 2.45) is 17.6 Å². The van der Waals surface area contributed by atoms with Gasteiger partial charge in [0.05, 0.1) is 5.56 Å². The number of halogens is 3. The van der Waals surface area contributed by atoms with Crippen molar-refractivity contribution in [1.29, 1.82) is 0 Å². The number of thiocarbonyl (C=S) groups is 1. The molecule has 3 N–H and O–H groups in total. The first-order chi connectivity index (χ1) is 9.70. The summed E-state index contributed by atoms with van der Waals surface area (Å²) in [5.74, 6) is 1.07. The maximum atomic E-state index is 12.8. The Bertz CT molecular complexity index is 542. The SMILES string of the molecule is CC1CCC(Nc2ccc(C(F)(F)F)cc2C(N)=S)C1C. The van der Waals surface area contributed by atoms with E-state index in [1.807, 2.05) is 0 Å². The summed E-state index contributed by atoms with van der Waals surface area (Å²) >= 11 is 4.90. The van der Waals surface area contributed by atoms with Crippen molar-refractivity contribution in [2.75, 3.05) is 5.32 Å². The Morgan fingerprint density at radius 1 is 1.29 bits per heavy atom. The molecule has 1 aromatic carbocycles. The number of alkyl halides is 3. The Morgan fingerprint density at radius 2 is 1.95 bits per heavy atom. The Hall–Kier alpha value is -1.30. The largest absolute Gasteiger partial charge is 0.416 e. The van der Waals surface area contributed by atoms with Crippen molar-refractivity contribution in [3.05, 3.63) is 29.3 Å². The lowest BCUT2D eigenvalue weighted by Crippen LogP contribution is -2.26. The van der Waals surface area contributed by atoms with Crippen LogP contribution in [0.15, 0.2) is 18.2 Å². The minimum atomic E-state index is -4.40. The first kappa shape index (κ1) is 16.1. The molecule has 6 heteroatoms. The second-order valence-electron chi connectivity index (χ2n) is 5.79. The quantitative estimate of drug-likeness (QED) is 0.821. The van der Waals surface area contributed by atoms with Crippen LogP contribution in [-0.2, 0) is 6.18 Å². The fraction of sp³-hybridized carbons (Fsp3) is 0.533. The maximum Gasteiger partial charge on any atom is 0.416 e. The molecule has 1 fully saturated rings. The number of benzene rings is 1. The molecule has 2 nitrogen and oxygen atoms in total. The standard InChI is InChI=1S/C15H19F3N2S/c1-8-3-5-12(9(8)2)20-13-6-4-10(15(16,17)18)7-11(13)14(19)21/h4,6-9,12,20H,3,5H2,1-2H3,(H2,19,21). The zero-order chi connectivity index (χ0) is 15.8. The summed E-state index contributed by atoms with van der Waals surface area (Å²) in [6.45, 7) is 4.34. The number of hydrogen-bond donors (Lipinski definition) is 2. The van der Waals surface area contributed by atoms with Gasteiger partial charge in [-0.3, -0.25) is 0 Å². The molecule has 0 saturated heterocycles. The van der Waals surface area contributed by atoms with Crippen LogP contribution >= 0.6 is 12.2 Å². The summed E-state index contributed by atoms with van der Waals surface area (Å²) in [5.41, 5.74) is 5.70. The van der Waals surface area contributed by atoms with Gasteiger partial charge in [-0.2, -0.15) is 13.2 Å². The average Bonchev–Trinajstić information content (AvgIpc) is 2.69. The fourth-order valence-corrected chi connectivity index (χ4v) is 2.99. The van der Waals surface area contributed by atoms with Gasteiger partial charge >= 0.3 is 6.18 Å². The van der Waals surface area contributed by atoms with Gasteiger partial charge in [-0.25, -0.2) is 0 Å². The lowest BCUT2D eigenvalue weighted by atomic mass is 9.97. The Kier molecular flexibility index (Phi) is 4.46. The zero-order valence-corrected chi connectivity index (χ0v) is 12.8. The lowest BCUT2D eigenvalue weighted by molar-refractivity contribution is -0.137. The van der Waals surface area contributed by atoms with Gasteiger partial charge in [-0.15, -0.1) is 0 Å². The van der Waals surface area contributed by atoms with Gasteiger partial charge in [0, 0.05) is 17.3 Å². The van der Waals surface area contributed by atoms with E-state index in [1.54, 1.807) is 0 Å². The summed E-state index contributed by atoms with van der Waals surface area (Å²) in [5, 5.41) is 3.31. The van der Waals surface area contributed by atoms with E-state index in [2.05, 4.69) is 19.2 Å². The molecular formula is C15H19F3N2S. The molecule has 116 valence electrons. The molecule has 3 unspecified atom stereocenters. The van der Waals surface area contributed by atoms with E-state index in [4.69, 9.17) is 18.0 Å². The van der Waals surface area contributed by atoms with E-state index in [0.29, 0.717) is 17.5 Å². The molecule has 0 aliphatic heterocycles. The van der Waals surface area contributed by atoms with Crippen molar-refractivity contribution < 1.29 is 13.2 Å². The predicted octanol–water partition coefficient (Wildman–Crippen LogP) is 4.19. The summed E-state index contributed by atoms with van der Waals surface area (Å²) < 4.78 is 38.3. The number of nitrogens with two attached hydrogens (primary N) is 1. The molecule has 21 heavy (non-hydrogen) atoms. The minimum Gasteiger partial charge on any atom is -0.389 e. The van der Waals surface area contributed by atoms with Crippen molar-refractivity contribution >= 4 is 22.9 Å². The molecular weight excluding hydrogens is 297 g/mol. The van der Waals surface area contributed by atoms with E-state index in [1.165, 1.54) is 6.07 Å². The van der Waals surface area contributed by atoms with Crippen molar-refractivity contribution in [2.45, 2.75) is 38.9 Å². The van der Waals surface area contributed by atoms with E-state index >= 15 is 0 Å². The van der Waals surface area contributed by atoms with E-state index in [-0.39, 0.29) is 16.6 Å². The fourth-order valence-electron chi connectivity index (χ4n) is 2.82. The molecule has 2 rings (SSSR count). The molecule has 0 amide bonds. The van der Waals surface area contributed by atoms with E-state index in [9.17, 15) is 13.2 Å². The van der Waals surface area contributed by atoms with Gasteiger partial charge < -0.3 is 11.1 Å². The molecule has 0 radical (unpaired) electrons. The van der Waals surface area contributed by atoms with Gasteiger partial charge in [-0.05, 0) is 42.9 Å². The van der Waals surface area contributed by atoms with Crippen LogP contribution in [0.3, 0.4) is 0 Å². The van der Waals surface area contributed by atoms with Crippen LogP contribution in [0.1, 0.15) is 37.8 Å². The molecule has 0 heterocycles. The van der Waals surface area contributed by atoms with Gasteiger partial charge in [0.2, 0.25) is 0 Å². The highest BCUT2D eigenvalue weighted by molar-refractivity contribution is 7.80. The van der Waals surface area contributed by atoms with Gasteiger partial charge in [0.25, 0.3) is 0 Å². The van der Waals surface area contributed by atoms with Crippen LogP contribution in [0, 0.1) is 11.8 Å². The first-order valence-electron chi connectivity index (χ1n) is 6.97. The summed E-state index contributed by atoms with van der Waals surface area (Å²) in [6.07, 6.45) is -2.28. The molecule has 0 spiro atoms. The summed E-state index contributed by atoms with van der Waals surface area (Å²) in [4.78, 5) is -0.0256. The van der Waals surface area contributed by atoms with Crippen LogP contribution < -0.4 is 11.1 Å². The van der Waals surface area contributed by atoms with Crippen LogP contribution in [0.5, 0.6) is 0 Å². The molecule has 1 aliphatic rings. The summed E-state index contributed by atoms with van der Waals surface area (Å²) in [7, 11) is 0. The predicted molar refractivity (Wildman–Crippen MR) is 82.3 cm³/mol. The monoisotopic (exact) mass is 316 g/mol. The maximum absolute atomic E-state index is 12.8. The van der Waals surface area contributed by atoms with Crippen LogP contribution in [0.4, 0.5) is 18.9 Å². The normalized spacial score (nSPS) is 25.9. The van der Waals surface area contributed by atoms with Gasteiger partial charge in [0.15, 0.2) is 0 Å². The van der Waals surface area contributed by atoms with Gasteiger partial charge in [0.1, 0.15) is 4.99 Å². The number of anilines is 1. The molecule has 0 aromatic heterocycles. The Morgan fingerprint density at radius 3 is 2.43 bits per heavy atom. The van der Waals surface area contributed by atoms with E-state index in [0.717, 1.165) is 25.0 Å². The molecule has 3 atom stereocenters. The van der Waals surface area contributed by atoms with Crippen LogP contribution in [0.2, 0.25) is 0 Å². The second kappa shape index (κ2) is 5.83. The highest BCUT2D eigenvalue weighted by Gasteiger charge is 2.33. The van der Waals surface area contributed by atoms with Crippen molar-refractivity contribution in [3.63, 3.8) is 0 Å². The van der Waals surface area contributed by atoms with Crippen LogP contribution in [-0.4, -0.2) is 11.0 Å². The van der Waals surface area contributed by atoms with Crippen LogP contribution in [0.25, 0.3) is 0 Å². The molecule has 1 saturated carbocycles. The highest BCUT2D eigenvalue weighted by atomic mass is 32.1. The number of nitrogens with one attached hydrogen (secondary N) is 1. The molecule has 1 aliphatic carbocycles. The Labute approximate surface area is 127 Å². The lowest BCUT2D eigenvalue weighted by Gasteiger charge is -2.23. The van der Waals surface area contributed by atoms with Crippen molar-refractivity contribution in [1.82, 2.24) is 0 Å². The molecule has 0 bridgehead atoms. The topological polar surface area (TPSA) is 38.0 Å². The van der Waals surface area contributed by atoms with E-state index < -0.39 is 11.7 Å². The van der Waals surface area contributed by atoms with Gasteiger partial charge in [-0.1, -0.05) is 26.1 Å². The third-order valence-electron chi connectivity index (χ3n) is 4.42. The third-order valence-corrected chi connectivity index (χ3v) is 4.64. The number of hydrogen-bond acceptors (Lipinski definition) is 2. The minimum absolute atomic E-state index is 0.0256. The average molecular weight is 316 g/mol. The highest BCUT2D eigenvalue weighted by Crippen LogP contribution is 2.36. The zero-order valence-electron chi connectivity index (χ0n) is 12.0. The summed E-state index contributed by atoms with van der Waals surface area (Å²) in [6, 6.07) is 3.75. The molecule has 1 aromatic rings. The van der Waals surface area contributed by atoms with Crippen molar-refractivity contribution in [3.8, 4) is 0 Å². The first-order valence-corrected chi connectivity index (χ1v) is 7.38. The second-order valence-corrected chi connectivity index (χ2v) is 6.23. The number of rotatable bonds is 3. The Balaban J connectivity index is 2.29.